The fraction of sp³-hybridized carbons (Fsp3) is 0.571. The van der Waals surface area contributed by atoms with Crippen molar-refractivity contribution in [2.24, 2.45) is 5.41 Å². The number of carbonyl (C=O) groups excluding carboxylic acids is 1. The maximum absolute atomic E-state index is 10.7. The van der Waals surface area contributed by atoms with Crippen molar-refractivity contribution in [2.45, 2.75) is 20.8 Å². The molecule has 46 valence electrons. The monoisotopic (exact) mass is 112 g/mol. The van der Waals surface area contributed by atoms with E-state index in [1.165, 1.54) is 6.08 Å². The second-order valence-electron chi connectivity index (χ2n) is 2.82. The van der Waals surface area contributed by atoms with Gasteiger partial charge in [0.25, 0.3) is 0 Å². The zero-order valence-electron chi connectivity index (χ0n) is 5.69. The van der Waals surface area contributed by atoms with E-state index in [1.807, 2.05) is 20.8 Å². The summed E-state index contributed by atoms with van der Waals surface area (Å²) in [6, 6.07) is 0. The van der Waals surface area contributed by atoms with Gasteiger partial charge >= 0.3 is 0 Å². The predicted molar refractivity (Wildman–Crippen MR) is 34.7 cm³/mol. The minimum Gasteiger partial charge on any atom is -0.294 e. The molecule has 1 nitrogen and oxygen atoms in total. The molecular weight excluding hydrogens is 100 g/mol. The zero-order chi connectivity index (χ0) is 6.78. The highest BCUT2D eigenvalue weighted by molar-refractivity contribution is 5.93. The quantitative estimate of drug-likeness (QED) is 0.472. The fourth-order valence-electron chi connectivity index (χ4n) is 0.306. The van der Waals surface area contributed by atoms with Gasteiger partial charge in [-0.1, -0.05) is 27.4 Å². The van der Waals surface area contributed by atoms with E-state index in [-0.39, 0.29) is 11.2 Å². The van der Waals surface area contributed by atoms with Gasteiger partial charge in [-0.25, -0.2) is 0 Å². The Morgan fingerprint density at radius 3 is 1.88 bits per heavy atom. The Hall–Kier alpha value is -0.590. The van der Waals surface area contributed by atoms with E-state index in [1.54, 1.807) is 0 Å². The van der Waals surface area contributed by atoms with Crippen molar-refractivity contribution >= 4 is 5.78 Å². The van der Waals surface area contributed by atoms with Crippen LogP contribution in [0.5, 0.6) is 0 Å². The first kappa shape index (κ1) is 7.41. The van der Waals surface area contributed by atoms with Crippen LogP contribution in [0, 0.1) is 5.41 Å². The summed E-state index contributed by atoms with van der Waals surface area (Å²) in [5, 5.41) is 0. The molecule has 0 aliphatic carbocycles. The number of carbonyl (C=O) groups is 1. The second kappa shape index (κ2) is 2.12. The molecule has 0 aromatic heterocycles. The molecule has 0 aromatic rings. The third-order valence-electron chi connectivity index (χ3n) is 0.925. The number of allylic oxidation sites excluding steroid dienone is 1. The van der Waals surface area contributed by atoms with Crippen LogP contribution in [-0.4, -0.2) is 5.78 Å². The smallest absolute Gasteiger partial charge is 0.160 e. The Labute approximate surface area is 50.4 Å². The van der Waals surface area contributed by atoms with E-state index in [9.17, 15) is 4.79 Å². The molecule has 0 rings (SSSR count). The van der Waals surface area contributed by atoms with Gasteiger partial charge in [-0.15, -0.1) is 0 Å². The molecule has 0 bridgehead atoms. The number of rotatable bonds is 1. The Morgan fingerprint density at radius 2 is 1.88 bits per heavy atom. The van der Waals surface area contributed by atoms with Crippen LogP contribution >= 0.6 is 0 Å². The molecule has 0 spiro atoms. The Bertz CT molecular complexity index is 106. The maximum atomic E-state index is 10.7. The van der Waals surface area contributed by atoms with Crippen molar-refractivity contribution in [1.82, 2.24) is 0 Å². The molecule has 0 fully saturated rings. The lowest BCUT2D eigenvalue weighted by atomic mass is 9.91. The van der Waals surface area contributed by atoms with Gasteiger partial charge in [0.2, 0.25) is 0 Å². The second-order valence-corrected chi connectivity index (χ2v) is 2.82. The van der Waals surface area contributed by atoms with Gasteiger partial charge in [-0.05, 0) is 6.08 Å². The minimum absolute atomic E-state index is 0.0949. The van der Waals surface area contributed by atoms with E-state index in [4.69, 9.17) is 0 Å². The number of ketones is 1. The molecule has 1 heteroatoms. The van der Waals surface area contributed by atoms with Crippen LogP contribution < -0.4 is 0 Å². The fourth-order valence-corrected chi connectivity index (χ4v) is 0.306. The van der Waals surface area contributed by atoms with Gasteiger partial charge in [-0.2, -0.15) is 0 Å². The molecule has 0 N–H and O–H groups in total. The first-order chi connectivity index (χ1) is 3.48. The lowest BCUT2D eigenvalue weighted by Gasteiger charge is -2.11. The summed E-state index contributed by atoms with van der Waals surface area (Å²) in [4.78, 5) is 10.7. The van der Waals surface area contributed by atoms with Crippen molar-refractivity contribution in [2.75, 3.05) is 0 Å². The largest absolute Gasteiger partial charge is 0.294 e. The third kappa shape index (κ3) is 1.92. The Balaban J connectivity index is 4.02. The SMILES string of the molecule is C=CC(=O)C(C)(C)C. The van der Waals surface area contributed by atoms with Gasteiger partial charge in [-0.3, -0.25) is 4.79 Å². The summed E-state index contributed by atoms with van der Waals surface area (Å²) in [7, 11) is 0. The number of hydrogen-bond donors (Lipinski definition) is 0. The van der Waals surface area contributed by atoms with Crippen LogP contribution in [0.1, 0.15) is 20.8 Å². The third-order valence-corrected chi connectivity index (χ3v) is 0.925. The van der Waals surface area contributed by atoms with Crippen molar-refractivity contribution in [3.8, 4) is 0 Å². The van der Waals surface area contributed by atoms with E-state index in [2.05, 4.69) is 6.58 Å². The molecule has 0 aliphatic rings. The van der Waals surface area contributed by atoms with Crippen molar-refractivity contribution in [3.63, 3.8) is 0 Å². The highest BCUT2D eigenvalue weighted by Gasteiger charge is 2.16. The summed E-state index contributed by atoms with van der Waals surface area (Å²) in [6.07, 6.45) is 1.36. The van der Waals surface area contributed by atoms with Gasteiger partial charge in [0.05, 0.1) is 0 Å². The van der Waals surface area contributed by atoms with Gasteiger partial charge in [0, 0.05) is 5.41 Å². The summed E-state index contributed by atoms with van der Waals surface area (Å²) in [5.74, 6) is 0.0949. The lowest BCUT2D eigenvalue weighted by Crippen LogP contribution is -2.16. The highest BCUT2D eigenvalue weighted by atomic mass is 16.1. The zero-order valence-corrected chi connectivity index (χ0v) is 5.69. The average Bonchev–Trinajstić information content (AvgIpc) is 1.62. The summed E-state index contributed by atoms with van der Waals surface area (Å²) >= 11 is 0. The summed E-state index contributed by atoms with van der Waals surface area (Å²) in [5.41, 5.74) is -0.248. The molecule has 0 saturated carbocycles. The van der Waals surface area contributed by atoms with Crippen LogP contribution in [0.4, 0.5) is 0 Å². The molecule has 0 heterocycles. The molecule has 0 aliphatic heterocycles. The van der Waals surface area contributed by atoms with Gasteiger partial charge in [0.15, 0.2) is 5.78 Å². The van der Waals surface area contributed by atoms with Crippen molar-refractivity contribution in [1.29, 1.82) is 0 Å². The lowest BCUT2D eigenvalue weighted by molar-refractivity contribution is -0.121. The summed E-state index contributed by atoms with van der Waals surface area (Å²) < 4.78 is 0. The van der Waals surface area contributed by atoms with E-state index in [0.29, 0.717) is 0 Å². The first-order valence-electron chi connectivity index (χ1n) is 2.65. The minimum atomic E-state index is -0.248. The molecule has 0 aromatic carbocycles. The van der Waals surface area contributed by atoms with Crippen molar-refractivity contribution < 1.29 is 4.79 Å². The van der Waals surface area contributed by atoms with Gasteiger partial charge < -0.3 is 0 Å². The maximum Gasteiger partial charge on any atom is 0.160 e. The van der Waals surface area contributed by atoms with Crippen LogP contribution in [0.15, 0.2) is 12.7 Å². The predicted octanol–water partition coefficient (Wildman–Crippen LogP) is 1.79. The van der Waals surface area contributed by atoms with Gasteiger partial charge in [0.1, 0.15) is 0 Å². The Kier molecular flexibility index (Phi) is 1.96. The Morgan fingerprint density at radius 1 is 1.50 bits per heavy atom. The van der Waals surface area contributed by atoms with E-state index < -0.39 is 0 Å². The highest BCUT2D eigenvalue weighted by Crippen LogP contribution is 2.13. The van der Waals surface area contributed by atoms with Crippen LogP contribution in [0.25, 0.3) is 0 Å². The molecule has 0 saturated heterocycles. The topological polar surface area (TPSA) is 17.1 Å². The van der Waals surface area contributed by atoms with E-state index >= 15 is 0 Å². The van der Waals surface area contributed by atoms with Crippen LogP contribution in [-0.2, 0) is 4.79 Å². The molecule has 0 unspecified atom stereocenters. The number of hydrogen-bond acceptors (Lipinski definition) is 1. The normalized spacial score (nSPS) is 10.9. The van der Waals surface area contributed by atoms with Crippen LogP contribution in [0.3, 0.4) is 0 Å². The molecule has 0 atom stereocenters. The molecule has 8 heavy (non-hydrogen) atoms. The molecular formula is C7H12O. The first-order valence-corrected chi connectivity index (χ1v) is 2.65. The van der Waals surface area contributed by atoms with E-state index in [0.717, 1.165) is 0 Å². The van der Waals surface area contributed by atoms with Crippen molar-refractivity contribution in [3.05, 3.63) is 12.7 Å². The molecule has 0 radical (unpaired) electrons. The standard InChI is InChI=1S/C7H12O/c1-5-6(8)7(2,3)4/h5H,1H2,2-4H3. The van der Waals surface area contributed by atoms with Crippen LogP contribution in [0.2, 0.25) is 0 Å². The summed E-state index contributed by atoms with van der Waals surface area (Å²) in [6.45, 7) is 8.99. The average molecular weight is 112 g/mol. The molecule has 0 amide bonds.